The monoisotopic (exact) mass is 425 g/mol. The molecule has 3 aliphatic rings. The van der Waals surface area contributed by atoms with Crippen molar-refractivity contribution in [2.45, 2.75) is 37.4 Å². The van der Waals surface area contributed by atoms with Gasteiger partial charge < -0.3 is 19.3 Å². The van der Waals surface area contributed by atoms with E-state index in [1.165, 1.54) is 6.20 Å². The molecule has 2 saturated heterocycles. The van der Waals surface area contributed by atoms with Gasteiger partial charge in [0, 0.05) is 37.3 Å². The Morgan fingerprint density at radius 3 is 2.58 bits per heavy atom. The Bertz CT molecular complexity index is 1240. The topological polar surface area (TPSA) is 142 Å². The van der Waals surface area contributed by atoms with E-state index in [0.717, 1.165) is 31.9 Å². The van der Waals surface area contributed by atoms with Crippen molar-refractivity contribution in [2.24, 2.45) is 0 Å². The molecule has 160 valence electrons. The summed E-state index contributed by atoms with van der Waals surface area (Å²) in [5, 5.41) is 31.0. The standard InChI is InChI=1S/C20H19N5O6/c1-22-7-12-4-11(22)8-23(12)18-14(6-21)17-13(5-15(18)25(29)30)19(26)16(31-20(27)28)9-24(17)10-2-3-10/h5,9-12H,2-4,7-8H2,1H3,(H,27,28). The fourth-order valence-electron chi connectivity index (χ4n) is 4.95. The number of fused-ring (bicyclic) bond motifs is 3. The van der Waals surface area contributed by atoms with Gasteiger partial charge in [-0.25, -0.2) is 4.79 Å². The number of likely N-dealkylation sites (N-methyl/N-ethyl adjacent to an activating group) is 1. The van der Waals surface area contributed by atoms with E-state index >= 15 is 0 Å². The summed E-state index contributed by atoms with van der Waals surface area (Å²) in [6.45, 7) is 1.31. The number of nitro benzene ring substituents is 1. The molecule has 0 amide bonds. The average molecular weight is 425 g/mol. The van der Waals surface area contributed by atoms with Crippen LogP contribution in [-0.4, -0.2) is 57.9 Å². The Morgan fingerprint density at radius 1 is 1.32 bits per heavy atom. The minimum atomic E-state index is -1.65. The number of piperazine rings is 1. The predicted octanol–water partition coefficient (Wildman–Crippen LogP) is 2.07. The number of hydrogen-bond acceptors (Lipinski definition) is 8. The maximum Gasteiger partial charge on any atom is 0.511 e. The summed E-state index contributed by atoms with van der Waals surface area (Å²) >= 11 is 0. The Labute approximate surface area is 175 Å². The summed E-state index contributed by atoms with van der Waals surface area (Å²) < 4.78 is 6.31. The number of nitro groups is 1. The number of carboxylic acid groups (broad SMARTS) is 1. The summed E-state index contributed by atoms with van der Waals surface area (Å²) in [4.78, 5) is 39.5. The molecule has 2 aromatic rings. The molecule has 2 aliphatic heterocycles. The first-order valence-electron chi connectivity index (χ1n) is 9.98. The molecule has 3 fully saturated rings. The minimum Gasteiger partial charge on any atom is -0.449 e. The van der Waals surface area contributed by atoms with E-state index in [0.29, 0.717) is 12.1 Å². The van der Waals surface area contributed by atoms with E-state index in [4.69, 9.17) is 5.11 Å². The summed E-state index contributed by atoms with van der Waals surface area (Å²) in [5.74, 6) is -0.431. The van der Waals surface area contributed by atoms with Crippen molar-refractivity contribution in [1.29, 1.82) is 5.26 Å². The van der Waals surface area contributed by atoms with Crippen LogP contribution in [0.25, 0.3) is 10.9 Å². The minimum absolute atomic E-state index is 0.0261. The van der Waals surface area contributed by atoms with E-state index in [9.17, 15) is 25.0 Å². The number of rotatable bonds is 4. The molecular weight excluding hydrogens is 406 g/mol. The lowest BCUT2D eigenvalue weighted by atomic mass is 10.0. The van der Waals surface area contributed by atoms with Crippen LogP contribution in [0.5, 0.6) is 5.75 Å². The quantitative estimate of drug-likeness (QED) is 0.442. The lowest BCUT2D eigenvalue weighted by molar-refractivity contribution is -0.384. The van der Waals surface area contributed by atoms with Crippen molar-refractivity contribution in [2.75, 3.05) is 25.0 Å². The molecule has 3 heterocycles. The highest BCUT2D eigenvalue weighted by Crippen LogP contribution is 2.45. The number of pyridine rings is 1. The summed E-state index contributed by atoms with van der Waals surface area (Å²) in [6.07, 6.45) is 2.10. The van der Waals surface area contributed by atoms with E-state index in [1.807, 2.05) is 11.9 Å². The van der Waals surface area contributed by atoms with E-state index in [-0.39, 0.29) is 40.4 Å². The molecule has 1 saturated carbocycles. The largest absolute Gasteiger partial charge is 0.511 e. The fourth-order valence-corrected chi connectivity index (χ4v) is 4.95. The van der Waals surface area contributed by atoms with Crippen LogP contribution in [0.1, 0.15) is 30.9 Å². The maximum atomic E-state index is 13.0. The van der Waals surface area contributed by atoms with Crippen molar-refractivity contribution >= 4 is 28.4 Å². The molecule has 0 spiro atoms. The average Bonchev–Trinajstić information content (AvgIpc) is 3.39. The second-order valence-electron chi connectivity index (χ2n) is 8.35. The van der Waals surface area contributed by atoms with Gasteiger partial charge in [0.05, 0.1) is 22.0 Å². The Balaban J connectivity index is 1.82. The van der Waals surface area contributed by atoms with Crippen LogP contribution >= 0.6 is 0 Å². The third kappa shape index (κ3) is 2.90. The predicted molar refractivity (Wildman–Crippen MR) is 109 cm³/mol. The van der Waals surface area contributed by atoms with Crippen LogP contribution in [0.2, 0.25) is 0 Å². The van der Waals surface area contributed by atoms with Gasteiger partial charge in [0.2, 0.25) is 5.43 Å². The second-order valence-corrected chi connectivity index (χ2v) is 8.35. The smallest absolute Gasteiger partial charge is 0.449 e. The number of likely N-dealkylation sites (tertiary alicyclic amines) is 1. The summed E-state index contributed by atoms with van der Waals surface area (Å²) in [5.41, 5.74) is -0.509. The van der Waals surface area contributed by atoms with E-state index in [2.05, 4.69) is 15.7 Å². The molecule has 1 aromatic heterocycles. The SMILES string of the molecule is CN1CC2CC1CN2c1c([N+](=O)[O-])cc2c(=O)c(OC(=O)O)cn(C3CC3)c2c1C#N. The van der Waals surface area contributed by atoms with Gasteiger partial charge in [0.1, 0.15) is 17.3 Å². The number of ether oxygens (including phenoxy) is 1. The number of nitrogens with zero attached hydrogens (tertiary/aromatic N) is 5. The summed E-state index contributed by atoms with van der Waals surface area (Å²) in [6, 6.07) is 3.56. The Hall–Kier alpha value is -3.65. The first kappa shape index (κ1) is 19.3. The number of benzene rings is 1. The first-order chi connectivity index (χ1) is 14.8. The van der Waals surface area contributed by atoms with Gasteiger partial charge in [-0.2, -0.15) is 5.26 Å². The van der Waals surface area contributed by atoms with Gasteiger partial charge in [0.15, 0.2) is 5.75 Å². The van der Waals surface area contributed by atoms with Crippen molar-refractivity contribution in [3.63, 3.8) is 0 Å². The molecule has 0 radical (unpaired) electrons. The van der Waals surface area contributed by atoms with E-state index in [1.54, 1.807) is 4.57 Å². The Kier molecular flexibility index (Phi) is 4.16. The molecule has 2 unspecified atom stereocenters. The zero-order valence-corrected chi connectivity index (χ0v) is 16.6. The molecule has 11 heteroatoms. The number of carbonyl (C=O) groups is 1. The van der Waals surface area contributed by atoms with Gasteiger partial charge in [-0.1, -0.05) is 0 Å². The zero-order chi connectivity index (χ0) is 22.0. The molecular formula is C20H19N5O6. The lowest BCUT2D eigenvalue weighted by Gasteiger charge is -2.34. The number of aromatic nitrogens is 1. The Morgan fingerprint density at radius 2 is 2.06 bits per heavy atom. The first-order valence-corrected chi connectivity index (χ1v) is 9.98. The van der Waals surface area contributed by atoms with Crippen molar-refractivity contribution in [1.82, 2.24) is 9.47 Å². The molecule has 2 bridgehead atoms. The normalized spacial score (nSPS) is 22.6. The fraction of sp³-hybridized carbons (Fsp3) is 0.450. The zero-order valence-electron chi connectivity index (χ0n) is 16.6. The van der Waals surface area contributed by atoms with Crippen LogP contribution in [0.4, 0.5) is 16.2 Å². The van der Waals surface area contributed by atoms with Crippen LogP contribution in [-0.2, 0) is 0 Å². The highest BCUT2D eigenvalue weighted by atomic mass is 16.7. The lowest BCUT2D eigenvalue weighted by Crippen LogP contribution is -2.45. The van der Waals surface area contributed by atoms with Gasteiger partial charge >= 0.3 is 6.16 Å². The summed E-state index contributed by atoms with van der Waals surface area (Å²) in [7, 11) is 2.01. The molecule has 11 nitrogen and oxygen atoms in total. The van der Waals surface area contributed by atoms with Gasteiger partial charge in [0.25, 0.3) is 5.69 Å². The number of anilines is 1. The van der Waals surface area contributed by atoms with E-state index < -0.39 is 22.3 Å². The molecule has 2 atom stereocenters. The molecule has 1 N–H and O–H groups in total. The van der Waals surface area contributed by atoms with Crippen molar-refractivity contribution < 1.29 is 19.6 Å². The molecule has 31 heavy (non-hydrogen) atoms. The van der Waals surface area contributed by atoms with Crippen LogP contribution in [0, 0.1) is 21.4 Å². The van der Waals surface area contributed by atoms with Gasteiger partial charge in [-0.3, -0.25) is 19.8 Å². The van der Waals surface area contributed by atoms with Crippen LogP contribution in [0.15, 0.2) is 17.1 Å². The maximum absolute atomic E-state index is 13.0. The molecule has 5 rings (SSSR count). The molecule has 1 aliphatic carbocycles. The van der Waals surface area contributed by atoms with Crippen LogP contribution in [0.3, 0.4) is 0 Å². The van der Waals surface area contributed by atoms with Crippen LogP contribution < -0.4 is 15.1 Å². The van der Waals surface area contributed by atoms with Gasteiger partial charge in [-0.15, -0.1) is 0 Å². The highest BCUT2D eigenvalue weighted by molar-refractivity contribution is 5.96. The van der Waals surface area contributed by atoms with Crippen molar-refractivity contribution in [3.05, 3.63) is 38.2 Å². The third-order valence-corrected chi connectivity index (χ3v) is 6.48. The third-order valence-electron chi connectivity index (χ3n) is 6.48. The van der Waals surface area contributed by atoms with Gasteiger partial charge in [-0.05, 0) is 26.3 Å². The second kappa shape index (κ2) is 6.68. The highest BCUT2D eigenvalue weighted by Gasteiger charge is 2.45. The van der Waals surface area contributed by atoms with Crippen molar-refractivity contribution in [3.8, 4) is 11.8 Å². The number of nitriles is 1. The molecule has 1 aromatic carbocycles. The number of hydrogen-bond donors (Lipinski definition) is 1.